The van der Waals surface area contributed by atoms with Gasteiger partial charge in [-0.1, -0.05) is 0 Å². The molecule has 1 aliphatic rings. The molecule has 0 saturated carbocycles. The zero-order chi connectivity index (χ0) is 18.7. The van der Waals surface area contributed by atoms with Crippen LogP contribution in [0.3, 0.4) is 0 Å². The van der Waals surface area contributed by atoms with Crippen LogP contribution in [0, 0.1) is 13.8 Å². The fourth-order valence-corrected chi connectivity index (χ4v) is 3.57. The van der Waals surface area contributed by atoms with Crippen molar-refractivity contribution in [3.05, 3.63) is 45.5 Å². The summed E-state index contributed by atoms with van der Waals surface area (Å²) >= 11 is 1.43. The summed E-state index contributed by atoms with van der Waals surface area (Å²) < 4.78 is 5.42. The summed E-state index contributed by atoms with van der Waals surface area (Å²) in [4.78, 5) is 40.1. The molecule has 0 unspecified atom stereocenters. The largest absolute Gasteiger partial charge is 0.466 e. The standard InChI is InChI=1S/C18H21N3O4S/c1-12-9-15(13(2)25-12)18(24)21-6-4-20(5-7-21)16(22)10-19-17(23)14-3-8-26-11-14/h3,8-9,11H,4-7,10H2,1-2H3,(H,19,23). The Morgan fingerprint density at radius 1 is 1.15 bits per heavy atom. The molecule has 1 saturated heterocycles. The zero-order valence-electron chi connectivity index (χ0n) is 14.8. The maximum absolute atomic E-state index is 12.6. The molecule has 3 rings (SSSR count). The SMILES string of the molecule is Cc1cc(C(=O)N2CCN(C(=O)CNC(=O)c3ccsc3)CC2)c(C)o1. The van der Waals surface area contributed by atoms with E-state index in [1.807, 2.05) is 12.3 Å². The lowest BCUT2D eigenvalue weighted by Crippen LogP contribution is -2.52. The highest BCUT2D eigenvalue weighted by Gasteiger charge is 2.26. The lowest BCUT2D eigenvalue weighted by Gasteiger charge is -2.34. The van der Waals surface area contributed by atoms with Crippen LogP contribution in [0.25, 0.3) is 0 Å². The first kappa shape index (κ1) is 18.2. The van der Waals surface area contributed by atoms with E-state index >= 15 is 0 Å². The van der Waals surface area contributed by atoms with E-state index in [0.717, 1.165) is 0 Å². The number of furan rings is 1. The number of carbonyl (C=O) groups is 3. The molecule has 0 atom stereocenters. The number of carbonyl (C=O) groups excluding carboxylic acids is 3. The highest BCUT2D eigenvalue weighted by atomic mass is 32.1. The van der Waals surface area contributed by atoms with Gasteiger partial charge in [-0.25, -0.2) is 0 Å². The highest BCUT2D eigenvalue weighted by molar-refractivity contribution is 7.08. The van der Waals surface area contributed by atoms with Gasteiger partial charge in [0.1, 0.15) is 11.5 Å². The van der Waals surface area contributed by atoms with E-state index in [1.54, 1.807) is 34.2 Å². The smallest absolute Gasteiger partial charge is 0.257 e. The van der Waals surface area contributed by atoms with Crippen LogP contribution < -0.4 is 5.32 Å². The lowest BCUT2D eigenvalue weighted by atomic mass is 10.2. The number of aryl methyl sites for hydroxylation is 2. The Morgan fingerprint density at radius 3 is 2.42 bits per heavy atom. The van der Waals surface area contributed by atoms with Crippen LogP contribution in [0.5, 0.6) is 0 Å². The summed E-state index contributed by atoms with van der Waals surface area (Å²) in [7, 11) is 0. The molecule has 1 aliphatic heterocycles. The van der Waals surface area contributed by atoms with Gasteiger partial charge in [-0.05, 0) is 31.4 Å². The van der Waals surface area contributed by atoms with Crippen molar-refractivity contribution in [1.29, 1.82) is 0 Å². The average Bonchev–Trinajstić information content (AvgIpc) is 3.28. The Hall–Kier alpha value is -2.61. The van der Waals surface area contributed by atoms with Gasteiger partial charge in [0, 0.05) is 37.1 Å². The molecule has 138 valence electrons. The highest BCUT2D eigenvalue weighted by Crippen LogP contribution is 2.17. The Bertz CT molecular complexity index is 805. The van der Waals surface area contributed by atoms with Gasteiger partial charge in [0.2, 0.25) is 5.91 Å². The second kappa shape index (κ2) is 7.74. The molecule has 7 nitrogen and oxygen atoms in total. The molecule has 8 heteroatoms. The minimum atomic E-state index is -0.251. The summed E-state index contributed by atoms with van der Waals surface area (Å²) in [5, 5.41) is 6.19. The van der Waals surface area contributed by atoms with Crippen molar-refractivity contribution >= 4 is 29.1 Å². The summed E-state index contributed by atoms with van der Waals surface area (Å²) in [5.74, 6) is 0.857. The first-order valence-corrected chi connectivity index (χ1v) is 9.34. The molecular weight excluding hydrogens is 354 g/mol. The van der Waals surface area contributed by atoms with E-state index in [0.29, 0.717) is 48.8 Å². The van der Waals surface area contributed by atoms with Crippen LogP contribution in [-0.2, 0) is 4.79 Å². The van der Waals surface area contributed by atoms with Crippen LogP contribution in [0.15, 0.2) is 27.3 Å². The Morgan fingerprint density at radius 2 is 1.85 bits per heavy atom. The minimum Gasteiger partial charge on any atom is -0.466 e. The predicted octanol–water partition coefficient (Wildman–Crippen LogP) is 1.67. The second-order valence-electron chi connectivity index (χ2n) is 6.19. The molecule has 1 fully saturated rings. The topological polar surface area (TPSA) is 82.9 Å². The van der Waals surface area contributed by atoms with Gasteiger partial charge in [-0.2, -0.15) is 11.3 Å². The van der Waals surface area contributed by atoms with Crippen LogP contribution in [0.1, 0.15) is 32.2 Å². The number of nitrogens with zero attached hydrogens (tertiary/aromatic N) is 2. The van der Waals surface area contributed by atoms with Gasteiger partial charge < -0.3 is 19.5 Å². The monoisotopic (exact) mass is 375 g/mol. The van der Waals surface area contributed by atoms with Gasteiger partial charge in [-0.3, -0.25) is 14.4 Å². The molecule has 3 amide bonds. The zero-order valence-corrected chi connectivity index (χ0v) is 15.6. The number of thiophene rings is 1. The molecule has 0 spiro atoms. The van der Waals surface area contributed by atoms with E-state index in [4.69, 9.17) is 4.42 Å². The maximum Gasteiger partial charge on any atom is 0.257 e. The van der Waals surface area contributed by atoms with E-state index in [9.17, 15) is 14.4 Å². The first-order chi connectivity index (χ1) is 12.5. The van der Waals surface area contributed by atoms with Crippen LogP contribution in [0.4, 0.5) is 0 Å². The molecule has 3 heterocycles. The molecule has 26 heavy (non-hydrogen) atoms. The number of nitrogens with one attached hydrogen (secondary N) is 1. The molecule has 0 aromatic carbocycles. The van der Waals surface area contributed by atoms with Crippen molar-refractivity contribution < 1.29 is 18.8 Å². The quantitative estimate of drug-likeness (QED) is 0.881. The number of hydrogen-bond acceptors (Lipinski definition) is 5. The lowest BCUT2D eigenvalue weighted by molar-refractivity contribution is -0.131. The fourth-order valence-electron chi connectivity index (χ4n) is 2.94. The van der Waals surface area contributed by atoms with Crippen molar-refractivity contribution in [3.63, 3.8) is 0 Å². The molecule has 0 bridgehead atoms. The number of piperazine rings is 1. The molecule has 1 N–H and O–H groups in total. The van der Waals surface area contributed by atoms with E-state index in [-0.39, 0.29) is 24.3 Å². The maximum atomic E-state index is 12.6. The molecule has 2 aromatic rings. The van der Waals surface area contributed by atoms with Crippen LogP contribution in [0.2, 0.25) is 0 Å². The van der Waals surface area contributed by atoms with Gasteiger partial charge in [-0.15, -0.1) is 0 Å². The van der Waals surface area contributed by atoms with E-state index in [2.05, 4.69) is 5.32 Å². The number of rotatable bonds is 4. The molecule has 2 aromatic heterocycles. The third-order valence-electron chi connectivity index (χ3n) is 4.37. The number of hydrogen-bond donors (Lipinski definition) is 1. The Balaban J connectivity index is 1.48. The normalized spacial score (nSPS) is 14.4. The van der Waals surface area contributed by atoms with Crippen molar-refractivity contribution in [2.45, 2.75) is 13.8 Å². The molecule has 0 aliphatic carbocycles. The van der Waals surface area contributed by atoms with Crippen molar-refractivity contribution in [3.8, 4) is 0 Å². The van der Waals surface area contributed by atoms with E-state index < -0.39 is 0 Å². The fraction of sp³-hybridized carbons (Fsp3) is 0.389. The third-order valence-corrected chi connectivity index (χ3v) is 5.06. The van der Waals surface area contributed by atoms with Crippen LogP contribution >= 0.6 is 11.3 Å². The van der Waals surface area contributed by atoms with Gasteiger partial charge in [0.05, 0.1) is 12.1 Å². The predicted molar refractivity (Wildman–Crippen MR) is 97.3 cm³/mol. The Kier molecular flexibility index (Phi) is 5.41. The van der Waals surface area contributed by atoms with Crippen molar-refractivity contribution in [1.82, 2.24) is 15.1 Å². The second-order valence-corrected chi connectivity index (χ2v) is 6.97. The molecule has 0 radical (unpaired) electrons. The first-order valence-electron chi connectivity index (χ1n) is 8.40. The average molecular weight is 375 g/mol. The van der Waals surface area contributed by atoms with Crippen LogP contribution in [-0.4, -0.2) is 60.2 Å². The van der Waals surface area contributed by atoms with E-state index in [1.165, 1.54) is 11.3 Å². The van der Waals surface area contributed by atoms with Gasteiger partial charge in [0.25, 0.3) is 11.8 Å². The molecular formula is C18H21N3O4S. The summed E-state index contributed by atoms with van der Waals surface area (Å²) in [6.45, 7) is 5.38. The van der Waals surface area contributed by atoms with Crippen molar-refractivity contribution in [2.24, 2.45) is 0 Å². The Labute approximate surface area is 155 Å². The summed E-state index contributed by atoms with van der Waals surface area (Å²) in [5.41, 5.74) is 1.13. The number of amides is 3. The van der Waals surface area contributed by atoms with Gasteiger partial charge >= 0.3 is 0 Å². The third kappa shape index (κ3) is 3.96. The van der Waals surface area contributed by atoms with Crippen molar-refractivity contribution in [2.75, 3.05) is 32.7 Å². The minimum absolute atomic E-state index is 0.0390. The van der Waals surface area contributed by atoms with Gasteiger partial charge in [0.15, 0.2) is 0 Å². The summed E-state index contributed by atoms with van der Waals surface area (Å²) in [6.07, 6.45) is 0. The summed E-state index contributed by atoms with van der Waals surface area (Å²) in [6, 6.07) is 3.46.